The normalized spacial score (nSPS) is 11.3. The number of anilines is 2. The van der Waals surface area contributed by atoms with Crippen LogP contribution >= 0.6 is 0 Å². The highest BCUT2D eigenvalue weighted by Gasteiger charge is 2.18. The minimum Gasteiger partial charge on any atom is -0.508 e. The highest BCUT2D eigenvalue weighted by Crippen LogP contribution is 2.29. The van der Waals surface area contributed by atoms with Crippen molar-refractivity contribution in [2.24, 2.45) is 0 Å². The van der Waals surface area contributed by atoms with Crippen molar-refractivity contribution in [3.63, 3.8) is 0 Å². The molecular weight excluding hydrogens is 454 g/mol. The Kier molecular flexibility index (Phi) is 6.98. The lowest BCUT2D eigenvalue weighted by Gasteiger charge is -2.19. The molecule has 0 unspecified atom stereocenters. The van der Waals surface area contributed by atoms with E-state index in [-0.39, 0.29) is 29.6 Å². The first kappa shape index (κ1) is 24.8. The molecule has 1 amide bonds. The van der Waals surface area contributed by atoms with E-state index in [9.17, 15) is 15.0 Å². The SMILES string of the molecule is CC(C)(C)c1ccc(C(=O)Nc2cccc(-c3nc(N)nc(Cc4ccc(O)cc4)n3)c2CO)cc1. The van der Waals surface area contributed by atoms with E-state index >= 15 is 0 Å². The van der Waals surface area contributed by atoms with Crippen LogP contribution in [0.1, 0.15) is 53.6 Å². The van der Waals surface area contributed by atoms with Gasteiger partial charge in [0.2, 0.25) is 5.95 Å². The Bertz CT molecular complexity index is 1380. The average molecular weight is 484 g/mol. The highest BCUT2D eigenvalue weighted by atomic mass is 16.3. The van der Waals surface area contributed by atoms with Gasteiger partial charge in [0.15, 0.2) is 5.82 Å². The second-order valence-electron chi connectivity index (χ2n) is 9.55. The molecule has 0 saturated heterocycles. The molecule has 1 aromatic heterocycles. The fourth-order valence-corrected chi connectivity index (χ4v) is 3.83. The molecule has 4 aromatic rings. The van der Waals surface area contributed by atoms with Gasteiger partial charge in [0.05, 0.1) is 6.61 Å². The summed E-state index contributed by atoms with van der Waals surface area (Å²) in [5, 5.41) is 22.6. The van der Waals surface area contributed by atoms with Crippen LogP contribution < -0.4 is 11.1 Å². The lowest BCUT2D eigenvalue weighted by atomic mass is 9.86. The van der Waals surface area contributed by atoms with Gasteiger partial charge >= 0.3 is 0 Å². The smallest absolute Gasteiger partial charge is 0.255 e. The van der Waals surface area contributed by atoms with Gasteiger partial charge in [-0.3, -0.25) is 4.79 Å². The Morgan fingerprint density at radius 2 is 1.64 bits per heavy atom. The maximum Gasteiger partial charge on any atom is 0.255 e. The number of rotatable bonds is 6. The third-order valence-electron chi connectivity index (χ3n) is 5.83. The number of phenols is 1. The van der Waals surface area contributed by atoms with Gasteiger partial charge in [0, 0.05) is 28.8 Å². The number of carbonyl (C=O) groups excluding carboxylic acids is 1. The van der Waals surface area contributed by atoms with E-state index in [0.717, 1.165) is 11.1 Å². The molecule has 0 saturated carbocycles. The zero-order valence-electron chi connectivity index (χ0n) is 20.5. The summed E-state index contributed by atoms with van der Waals surface area (Å²) in [6.45, 7) is 6.01. The van der Waals surface area contributed by atoms with Crippen molar-refractivity contribution in [3.05, 3.63) is 94.8 Å². The van der Waals surface area contributed by atoms with Gasteiger partial charge < -0.3 is 21.3 Å². The molecule has 0 spiro atoms. The number of hydrogen-bond donors (Lipinski definition) is 4. The zero-order chi connectivity index (χ0) is 25.9. The van der Waals surface area contributed by atoms with Crippen LogP contribution in [0.3, 0.4) is 0 Å². The van der Waals surface area contributed by atoms with Crippen molar-refractivity contribution in [3.8, 4) is 17.1 Å². The van der Waals surface area contributed by atoms with Gasteiger partial charge in [0.25, 0.3) is 5.91 Å². The van der Waals surface area contributed by atoms with Gasteiger partial charge in [-0.25, -0.2) is 4.98 Å². The van der Waals surface area contributed by atoms with Crippen LogP contribution in [-0.4, -0.2) is 31.1 Å². The summed E-state index contributed by atoms with van der Waals surface area (Å²) in [4.78, 5) is 26.0. The monoisotopic (exact) mass is 483 g/mol. The molecule has 1 heterocycles. The first-order valence-electron chi connectivity index (χ1n) is 11.6. The Balaban J connectivity index is 1.62. The first-order chi connectivity index (χ1) is 17.1. The average Bonchev–Trinajstić information content (AvgIpc) is 2.84. The summed E-state index contributed by atoms with van der Waals surface area (Å²) in [6, 6.07) is 19.4. The second kappa shape index (κ2) is 10.1. The van der Waals surface area contributed by atoms with Crippen molar-refractivity contribution >= 4 is 17.5 Å². The van der Waals surface area contributed by atoms with Crippen LogP contribution in [0.25, 0.3) is 11.4 Å². The molecule has 0 aliphatic carbocycles. The van der Waals surface area contributed by atoms with E-state index in [2.05, 4.69) is 41.0 Å². The summed E-state index contributed by atoms with van der Waals surface area (Å²) < 4.78 is 0. The van der Waals surface area contributed by atoms with E-state index in [1.54, 1.807) is 54.6 Å². The number of aliphatic hydroxyl groups excluding tert-OH is 1. The predicted molar refractivity (Wildman–Crippen MR) is 140 cm³/mol. The van der Waals surface area contributed by atoms with Crippen LogP contribution in [0.5, 0.6) is 5.75 Å². The topological polar surface area (TPSA) is 134 Å². The number of nitrogen functional groups attached to an aromatic ring is 1. The standard InChI is InChI=1S/C28H29N5O3/c1-28(2,3)19-11-9-18(10-12-19)26(36)30-23-6-4-5-21(22(23)16-34)25-31-24(32-27(29)33-25)15-17-7-13-20(35)14-8-17/h4-14,34-35H,15-16H2,1-3H3,(H,30,36)(H2,29,31,32,33). The van der Waals surface area contributed by atoms with Gasteiger partial charge in [-0.2, -0.15) is 9.97 Å². The summed E-state index contributed by atoms with van der Waals surface area (Å²) in [5.41, 5.74) is 9.96. The fraction of sp³-hybridized carbons (Fsp3) is 0.214. The number of nitrogens with two attached hydrogens (primary N) is 1. The van der Waals surface area contributed by atoms with E-state index in [1.807, 2.05) is 12.1 Å². The quantitative estimate of drug-likeness (QED) is 0.318. The van der Waals surface area contributed by atoms with E-state index in [1.165, 1.54) is 0 Å². The van der Waals surface area contributed by atoms with Crippen LogP contribution in [0.15, 0.2) is 66.7 Å². The molecule has 4 rings (SSSR count). The van der Waals surface area contributed by atoms with Crippen LogP contribution in [0.2, 0.25) is 0 Å². The fourth-order valence-electron chi connectivity index (χ4n) is 3.83. The number of nitrogens with zero attached hydrogens (tertiary/aromatic N) is 3. The van der Waals surface area contributed by atoms with E-state index < -0.39 is 0 Å². The molecule has 0 aliphatic heterocycles. The predicted octanol–water partition coefficient (Wildman–Crippen LogP) is 4.46. The molecule has 0 bridgehead atoms. The van der Waals surface area contributed by atoms with Crippen molar-refractivity contribution in [1.29, 1.82) is 0 Å². The lowest BCUT2D eigenvalue weighted by Crippen LogP contribution is -2.15. The number of carbonyl (C=O) groups is 1. The van der Waals surface area contributed by atoms with E-state index in [4.69, 9.17) is 5.73 Å². The second-order valence-corrected chi connectivity index (χ2v) is 9.55. The Hall–Kier alpha value is -4.30. The molecule has 0 radical (unpaired) electrons. The third kappa shape index (κ3) is 5.67. The molecule has 5 N–H and O–H groups in total. The van der Waals surface area contributed by atoms with Crippen molar-refractivity contribution in [2.45, 2.75) is 39.2 Å². The van der Waals surface area contributed by atoms with Crippen molar-refractivity contribution in [1.82, 2.24) is 15.0 Å². The molecule has 8 heteroatoms. The minimum atomic E-state index is -0.340. The van der Waals surface area contributed by atoms with Gasteiger partial charge in [0.1, 0.15) is 11.6 Å². The Morgan fingerprint density at radius 1 is 0.944 bits per heavy atom. The summed E-state index contributed by atoms with van der Waals surface area (Å²) in [5.74, 6) is 0.675. The number of nitrogens with one attached hydrogen (secondary N) is 1. The van der Waals surface area contributed by atoms with Crippen LogP contribution in [-0.2, 0) is 18.4 Å². The van der Waals surface area contributed by atoms with Crippen molar-refractivity contribution < 1.29 is 15.0 Å². The van der Waals surface area contributed by atoms with Gasteiger partial charge in [-0.15, -0.1) is 0 Å². The number of phenolic OH excluding ortho intramolecular Hbond substituents is 1. The molecular formula is C28H29N5O3. The molecule has 0 fully saturated rings. The van der Waals surface area contributed by atoms with Gasteiger partial charge in [-0.1, -0.05) is 57.2 Å². The third-order valence-corrected chi connectivity index (χ3v) is 5.83. The van der Waals surface area contributed by atoms with Crippen LogP contribution in [0, 0.1) is 0 Å². The number of hydrogen-bond acceptors (Lipinski definition) is 7. The molecule has 8 nitrogen and oxygen atoms in total. The number of aliphatic hydroxyl groups is 1. The Morgan fingerprint density at radius 3 is 2.28 bits per heavy atom. The summed E-state index contributed by atoms with van der Waals surface area (Å²) in [6.07, 6.45) is 0.384. The molecule has 0 atom stereocenters. The molecule has 36 heavy (non-hydrogen) atoms. The molecule has 184 valence electrons. The van der Waals surface area contributed by atoms with Gasteiger partial charge in [-0.05, 0) is 46.9 Å². The molecule has 3 aromatic carbocycles. The number of amides is 1. The summed E-state index contributed by atoms with van der Waals surface area (Å²) >= 11 is 0. The Labute approximate surface area is 209 Å². The largest absolute Gasteiger partial charge is 0.508 e. The first-order valence-corrected chi connectivity index (χ1v) is 11.6. The maximum atomic E-state index is 13.0. The molecule has 0 aliphatic rings. The zero-order valence-corrected chi connectivity index (χ0v) is 20.5. The van der Waals surface area contributed by atoms with E-state index in [0.29, 0.717) is 40.4 Å². The van der Waals surface area contributed by atoms with Crippen LogP contribution in [0.4, 0.5) is 11.6 Å². The highest BCUT2D eigenvalue weighted by molar-refractivity contribution is 6.05. The number of benzene rings is 3. The number of aromatic hydroxyl groups is 1. The maximum absolute atomic E-state index is 13.0. The minimum absolute atomic E-state index is 0.0130. The number of aromatic nitrogens is 3. The lowest BCUT2D eigenvalue weighted by molar-refractivity contribution is 0.102. The summed E-state index contributed by atoms with van der Waals surface area (Å²) in [7, 11) is 0. The van der Waals surface area contributed by atoms with Crippen molar-refractivity contribution in [2.75, 3.05) is 11.1 Å².